The molecule has 0 aliphatic carbocycles. The quantitative estimate of drug-likeness (QED) is 0.851. The number of amides is 1. The number of hydrogen-bond acceptors (Lipinski definition) is 5. The van der Waals surface area contributed by atoms with Crippen molar-refractivity contribution < 1.29 is 9.53 Å². The molecule has 1 unspecified atom stereocenters. The van der Waals surface area contributed by atoms with E-state index in [0.29, 0.717) is 38.0 Å². The van der Waals surface area contributed by atoms with Crippen molar-refractivity contribution in [1.82, 2.24) is 14.9 Å². The number of morpholine rings is 1. The Labute approximate surface area is 131 Å². The normalized spacial score (nSPS) is 22.7. The van der Waals surface area contributed by atoms with Gasteiger partial charge in [0.25, 0.3) is 5.91 Å². The summed E-state index contributed by atoms with van der Waals surface area (Å²) in [7, 11) is 0. The van der Waals surface area contributed by atoms with E-state index in [1.165, 1.54) is 19.3 Å². The maximum atomic E-state index is 12.4. The second-order valence-electron chi connectivity index (χ2n) is 5.92. The van der Waals surface area contributed by atoms with Crippen LogP contribution in [0.3, 0.4) is 0 Å². The minimum Gasteiger partial charge on any atom is -0.378 e. The summed E-state index contributed by atoms with van der Waals surface area (Å²) >= 11 is 0. The SMILES string of the molecule is CCC1CCCCN1c1cnc(C(=O)N2CCOCC2)cn1. The van der Waals surface area contributed by atoms with E-state index >= 15 is 0 Å². The van der Waals surface area contributed by atoms with Crippen LogP contribution >= 0.6 is 0 Å². The molecule has 0 spiro atoms. The van der Waals surface area contributed by atoms with Crippen molar-refractivity contribution in [3.8, 4) is 0 Å². The number of anilines is 1. The van der Waals surface area contributed by atoms with Crippen LogP contribution < -0.4 is 4.90 Å². The van der Waals surface area contributed by atoms with E-state index in [9.17, 15) is 4.79 Å². The maximum Gasteiger partial charge on any atom is 0.274 e. The van der Waals surface area contributed by atoms with Gasteiger partial charge in [-0.05, 0) is 25.7 Å². The Kier molecular flexibility index (Phi) is 4.87. The second-order valence-corrected chi connectivity index (χ2v) is 5.92. The number of aromatic nitrogens is 2. The molecule has 120 valence electrons. The highest BCUT2D eigenvalue weighted by Gasteiger charge is 2.24. The highest BCUT2D eigenvalue weighted by molar-refractivity contribution is 5.92. The van der Waals surface area contributed by atoms with Gasteiger partial charge >= 0.3 is 0 Å². The molecule has 2 saturated heterocycles. The smallest absolute Gasteiger partial charge is 0.274 e. The van der Waals surface area contributed by atoms with Gasteiger partial charge in [0.05, 0.1) is 25.6 Å². The minimum absolute atomic E-state index is 0.0481. The number of hydrogen-bond donors (Lipinski definition) is 0. The van der Waals surface area contributed by atoms with Gasteiger partial charge in [-0.15, -0.1) is 0 Å². The zero-order valence-corrected chi connectivity index (χ0v) is 13.2. The Bertz CT molecular complexity index is 499. The molecule has 0 bridgehead atoms. The number of carbonyl (C=O) groups excluding carboxylic acids is 1. The molecule has 6 heteroatoms. The molecule has 22 heavy (non-hydrogen) atoms. The molecule has 1 aromatic rings. The predicted octanol–water partition coefficient (Wildman–Crippen LogP) is 1.72. The minimum atomic E-state index is -0.0481. The number of rotatable bonds is 3. The fourth-order valence-electron chi connectivity index (χ4n) is 3.24. The average molecular weight is 304 g/mol. The van der Waals surface area contributed by atoms with Gasteiger partial charge in [-0.2, -0.15) is 0 Å². The molecule has 0 saturated carbocycles. The average Bonchev–Trinajstić information content (AvgIpc) is 2.62. The van der Waals surface area contributed by atoms with Crippen LogP contribution in [0.4, 0.5) is 5.82 Å². The highest BCUT2D eigenvalue weighted by Crippen LogP contribution is 2.24. The summed E-state index contributed by atoms with van der Waals surface area (Å²) in [4.78, 5) is 25.3. The van der Waals surface area contributed by atoms with Crippen molar-refractivity contribution in [3.05, 3.63) is 18.1 Å². The van der Waals surface area contributed by atoms with Crippen LogP contribution in [0.15, 0.2) is 12.4 Å². The molecular weight excluding hydrogens is 280 g/mol. The topological polar surface area (TPSA) is 58.6 Å². The molecule has 1 atom stereocenters. The molecule has 0 N–H and O–H groups in total. The summed E-state index contributed by atoms with van der Waals surface area (Å²) < 4.78 is 5.27. The van der Waals surface area contributed by atoms with Crippen LogP contribution in [0.5, 0.6) is 0 Å². The maximum absolute atomic E-state index is 12.4. The first-order chi connectivity index (χ1) is 10.8. The molecule has 0 aromatic carbocycles. The van der Waals surface area contributed by atoms with Crippen LogP contribution in [-0.4, -0.2) is 59.7 Å². The Balaban J connectivity index is 1.70. The van der Waals surface area contributed by atoms with Gasteiger partial charge in [0.1, 0.15) is 11.5 Å². The zero-order valence-electron chi connectivity index (χ0n) is 13.2. The van der Waals surface area contributed by atoms with Crippen molar-refractivity contribution in [2.75, 3.05) is 37.7 Å². The number of carbonyl (C=O) groups is 1. The van der Waals surface area contributed by atoms with E-state index in [1.807, 2.05) is 0 Å². The standard InChI is InChI=1S/C16H24N4O2/c1-2-13-5-3-4-6-20(13)15-12-17-14(11-18-15)16(21)19-7-9-22-10-8-19/h11-13H,2-10H2,1H3. The molecule has 0 radical (unpaired) electrons. The van der Waals surface area contributed by atoms with Crippen molar-refractivity contribution >= 4 is 11.7 Å². The summed E-state index contributed by atoms with van der Waals surface area (Å²) in [5, 5.41) is 0. The van der Waals surface area contributed by atoms with Gasteiger partial charge < -0.3 is 14.5 Å². The largest absolute Gasteiger partial charge is 0.378 e. The zero-order chi connectivity index (χ0) is 15.4. The third-order valence-electron chi connectivity index (χ3n) is 4.55. The van der Waals surface area contributed by atoms with Gasteiger partial charge in [0.15, 0.2) is 0 Å². The molecular formula is C16H24N4O2. The highest BCUT2D eigenvalue weighted by atomic mass is 16.5. The van der Waals surface area contributed by atoms with Gasteiger partial charge in [0, 0.05) is 25.7 Å². The van der Waals surface area contributed by atoms with E-state index < -0.39 is 0 Å². The molecule has 1 aromatic heterocycles. The van der Waals surface area contributed by atoms with Crippen molar-refractivity contribution in [1.29, 1.82) is 0 Å². The lowest BCUT2D eigenvalue weighted by atomic mass is 10.0. The molecule has 3 heterocycles. The fraction of sp³-hybridized carbons (Fsp3) is 0.688. The van der Waals surface area contributed by atoms with Crippen LogP contribution in [0.1, 0.15) is 43.1 Å². The lowest BCUT2D eigenvalue weighted by Gasteiger charge is -2.36. The Morgan fingerprint density at radius 3 is 2.73 bits per heavy atom. The van der Waals surface area contributed by atoms with E-state index in [1.54, 1.807) is 17.3 Å². The lowest BCUT2D eigenvalue weighted by Crippen LogP contribution is -2.41. The summed E-state index contributed by atoms with van der Waals surface area (Å²) in [5.74, 6) is 0.845. The van der Waals surface area contributed by atoms with Gasteiger partial charge in [-0.1, -0.05) is 6.92 Å². The Morgan fingerprint density at radius 2 is 2.05 bits per heavy atom. The molecule has 3 rings (SSSR count). The van der Waals surface area contributed by atoms with Crippen LogP contribution in [-0.2, 0) is 4.74 Å². The molecule has 2 fully saturated rings. The first-order valence-electron chi connectivity index (χ1n) is 8.25. The van der Waals surface area contributed by atoms with Crippen molar-refractivity contribution in [2.24, 2.45) is 0 Å². The number of ether oxygens (including phenoxy) is 1. The summed E-state index contributed by atoms with van der Waals surface area (Å²) in [6.07, 6.45) is 8.20. The molecule has 2 aliphatic rings. The molecule has 2 aliphatic heterocycles. The Morgan fingerprint density at radius 1 is 1.23 bits per heavy atom. The molecule has 1 amide bonds. The first-order valence-corrected chi connectivity index (χ1v) is 8.25. The predicted molar refractivity (Wildman–Crippen MR) is 84.0 cm³/mol. The van der Waals surface area contributed by atoms with Crippen molar-refractivity contribution in [3.63, 3.8) is 0 Å². The van der Waals surface area contributed by atoms with E-state index in [0.717, 1.165) is 18.8 Å². The van der Waals surface area contributed by atoms with Gasteiger partial charge in [0.2, 0.25) is 0 Å². The van der Waals surface area contributed by atoms with E-state index in [2.05, 4.69) is 21.8 Å². The van der Waals surface area contributed by atoms with Crippen molar-refractivity contribution in [2.45, 2.75) is 38.6 Å². The van der Waals surface area contributed by atoms with Crippen LogP contribution in [0.2, 0.25) is 0 Å². The number of piperidine rings is 1. The number of nitrogens with zero attached hydrogens (tertiary/aromatic N) is 4. The third kappa shape index (κ3) is 3.21. The summed E-state index contributed by atoms with van der Waals surface area (Å²) in [6, 6.07) is 0.545. The lowest BCUT2D eigenvalue weighted by molar-refractivity contribution is 0.0298. The first kappa shape index (κ1) is 15.2. The Hall–Kier alpha value is -1.69. The van der Waals surface area contributed by atoms with Crippen LogP contribution in [0.25, 0.3) is 0 Å². The monoisotopic (exact) mass is 304 g/mol. The fourth-order valence-corrected chi connectivity index (χ4v) is 3.24. The third-order valence-corrected chi connectivity index (χ3v) is 4.55. The van der Waals surface area contributed by atoms with E-state index in [-0.39, 0.29) is 5.91 Å². The van der Waals surface area contributed by atoms with Gasteiger partial charge in [-0.3, -0.25) is 4.79 Å². The van der Waals surface area contributed by atoms with Crippen LogP contribution in [0, 0.1) is 0 Å². The molecule has 6 nitrogen and oxygen atoms in total. The van der Waals surface area contributed by atoms with E-state index in [4.69, 9.17) is 4.74 Å². The summed E-state index contributed by atoms with van der Waals surface area (Å²) in [5.41, 5.74) is 0.427. The second kappa shape index (κ2) is 7.05. The summed E-state index contributed by atoms with van der Waals surface area (Å²) in [6.45, 7) is 5.71. The van der Waals surface area contributed by atoms with Gasteiger partial charge in [-0.25, -0.2) is 9.97 Å².